The van der Waals surface area contributed by atoms with E-state index in [9.17, 15) is 22.2 Å². The molecular formula is C25H33F3N2O3S. The molecule has 0 aromatic heterocycles. The Balaban J connectivity index is 0.000000618. The van der Waals surface area contributed by atoms with Crippen LogP contribution in [0.25, 0.3) is 0 Å². The van der Waals surface area contributed by atoms with Crippen molar-refractivity contribution in [2.24, 2.45) is 5.92 Å². The van der Waals surface area contributed by atoms with Crippen LogP contribution in [0.1, 0.15) is 29.5 Å². The van der Waals surface area contributed by atoms with Crippen LogP contribution in [0.2, 0.25) is 0 Å². The van der Waals surface area contributed by atoms with Crippen molar-refractivity contribution in [2.45, 2.75) is 44.9 Å². The number of hydrogen-bond donors (Lipinski definition) is 2. The summed E-state index contributed by atoms with van der Waals surface area (Å²) < 4.78 is 40.5. The second-order valence-electron chi connectivity index (χ2n) is 8.28. The third-order valence-corrected chi connectivity index (χ3v) is 7.29. The first-order valence-electron chi connectivity index (χ1n) is 11.2. The summed E-state index contributed by atoms with van der Waals surface area (Å²) in [5.41, 5.74) is 5.16. The number of nitrogens with zero attached hydrogens (tertiary/aromatic N) is 1. The molecule has 1 amide bonds. The highest BCUT2D eigenvalue weighted by molar-refractivity contribution is 7.85. The van der Waals surface area contributed by atoms with E-state index in [4.69, 9.17) is 5.11 Å². The molecule has 1 aliphatic carbocycles. The maximum atomic E-state index is 12.6. The minimum absolute atomic E-state index is 0.0349. The van der Waals surface area contributed by atoms with E-state index in [1.807, 2.05) is 11.9 Å². The number of anilines is 1. The number of benzene rings is 2. The number of carbonyl (C=O) groups excluding carboxylic acids is 1. The van der Waals surface area contributed by atoms with Crippen molar-refractivity contribution in [1.29, 1.82) is 0 Å². The third-order valence-electron chi connectivity index (χ3n) is 5.91. The summed E-state index contributed by atoms with van der Waals surface area (Å²) >= 11 is 0. The van der Waals surface area contributed by atoms with Crippen molar-refractivity contribution in [3.63, 3.8) is 0 Å². The zero-order valence-corrected chi connectivity index (χ0v) is 20.4. The molecule has 4 rings (SSSR count). The first-order chi connectivity index (χ1) is 16.3. The Labute approximate surface area is 201 Å². The van der Waals surface area contributed by atoms with Crippen molar-refractivity contribution < 1.29 is 27.3 Å². The van der Waals surface area contributed by atoms with E-state index in [0.717, 1.165) is 44.0 Å². The first-order valence-corrected chi connectivity index (χ1v) is 12.7. The summed E-state index contributed by atoms with van der Waals surface area (Å²) in [7, 11) is 2.15. The number of carbonyl (C=O) groups is 1. The maximum absolute atomic E-state index is 12.6. The fourth-order valence-corrected chi connectivity index (χ4v) is 5.61. The third kappa shape index (κ3) is 8.76. The van der Waals surface area contributed by atoms with Gasteiger partial charge in [0.2, 0.25) is 5.91 Å². The molecule has 0 radical (unpaired) electrons. The zero-order chi connectivity index (χ0) is 25.1. The van der Waals surface area contributed by atoms with Crippen LogP contribution < -0.4 is 5.32 Å². The molecule has 1 fully saturated rings. The van der Waals surface area contributed by atoms with Gasteiger partial charge in [0, 0.05) is 60.7 Å². The Morgan fingerprint density at radius 3 is 2.03 bits per heavy atom. The average molecular weight is 499 g/mol. The van der Waals surface area contributed by atoms with E-state index in [0.29, 0.717) is 24.1 Å². The monoisotopic (exact) mass is 498 g/mol. The molecule has 0 unspecified atom stereocenters. The molecule has 5 nitrogen and oxygen atoms in total. The number of rotatable bonds is 5. The van der Waals surface area contributed by atoms with Gasteiger partial charge in [-0.1, -0.05) is 36.4 Å². The summed E-state index contributed by atoms with van der Waals surface area (Å²) in [6.45, 7) is -3.05. The van der Waals surface area contributed by atoms with Gasteiger partial charge in [0.15, 0.2) is 0 Å². The van der Waals surface area contributed by atoms with Crippen LogP contribution in [0.3, 0.4) is 0 Å². The molecule has 2 aromatic rings. The van der Waals surface area contributed by atoms with E-state index in [1.165, 1.54) is 11.1 Å². The standard InChI is InChI=1S/C23H28N2O2S.CHF3.CH4O/c1-25(23(26)18-10-12-28(27)13-11-18)16-17-6-8-21(9-7-17)24-22-14-19-4-2-3-5-20(19)15-22;2-1(3)4;1-2/h2-9,18,22,24H,10-16H2,1H3;1H;2H,1H3. The minimum atomic E-state index is -3.67. The first kappa shape index (κ1) is 27.9. The number of halogens is 3. The molecule has 2 N–H and O–H groups in total. The summed E-state index contributed by atoms with van der Waals surface area (Å²) in [5, 5.41) is 10.6. The number of aliphatic hydroxyl groups is 1. The summed E-state index contributed by atoms with van der Waals surface area (Å²) in [4.78, 5) is 14.4. The number of hydrogen-bond acceptors (Lipinski definition) is 4. The lowest BCUT2D eigenvalue weighted by atomic mass is 10.0. The molecule has 0 spiro atoms. The number of nitrogens with one attached hydrogen (secondary N) is 1. The highest BCUT2D eigenvalue weighted by Gasteiger charge is 2.26. The topological polar surface area (TPSA) is 69.6 Å². The Morgan fingerprint density at radius 2 is 1.53 bits per heavy atom. The predicted molar refractivity (Wildman–Crippen MR) is 130 cm³/mol. The molecule has 2 aromatic carbocycles. The summed E-state index contributed by atoms with van der Waals surface area (Å²) in [5.74, 6) is 1.54. The second-order valence-corrected chi connectivity index (χ2v) is 9.98. The van der Waals surface area contributed by atoms with Gasteiger partial charge in [-0.15, -0.1) is 0 Å². The largest absolute Gasteiger partial charge is 0.400 e. The van der Waals surface area contributed by atoms with Gasteiger partial charge < -0.3 is 15.3 Å². The van der Waals surface area contributed by atoms with Gasteiger partial charge in [-0.2, -0.15) is 13.2 Å². The second kappa shape index (κ2) is 14.1. The molecule has 1 saturated heterocycles. The zero-order valence-electron chi connectivity index (χ0n) is 19.6. The van der Waals surface area contributed by atoms with Crippen LogP contribution in [0.4, 0.5) is 18.9 Å². The normalized spacial score (nSPS) is 19.3. The Morgan fingerprint density at radius 1 is 1.03 bits per heavy atom. The minimum Gasteiger partial charge on any atom is -0.400 e. The number of aliphatic hydroxyl groups excluding tert-OH is 1. The van der Waals surface area contributed by atoms with Gasteiger partial charge in [-0.3, -0.25) is 9.00 Å². The van der Waals surface area contributed by atoms with Crippen LogP contribution in [-0.4, -0.2) is 58.5 Å². The van der Waals surface area contributed by atoms with Crippen molar-refractivity contribution in [3.05, 3.63) is 65.2 Å². The lowest BCUT2D eigenvalue weighted by molar-refractivity contribution is -0.135. The van der Waals surface area contributed by atoms with Gasteiger partial charge in [-0.25, -0.2) is 0 Å². The van der Waals surface area contributed by atoms with Crippen LogP contribution in [0.15, 0.2) is 48.5 Å². The molecule has 0 bridgehead atoms. The van der Waals surface area contributed by atoms with Gasteiger partial charge in [0.25, 0.3) is 0 Å². The van der Waals surface area contributed by atoms with Gasteiger partial charge in [0.05, 0.1) is 0 Å². The summed E-state index contributed by atoms with van der Waals surface area (Å²) in [6, 6.07) is 17.5. The van der Waals surface area contributed by atoms with Crippen molar-refractivity contribution in [1.82, 2.24) is 4.90 Å². The molecule has 188 valence electrons. The van der Waals surface area contributed by atoms with Crippen molar-refractivity contribution in [3.8, 4) is 0 Å². The van der Waals surface area contributed by atoms with Crippen molar-refractivity contribution in [2.75, 3.05) is 31.0 Å². The van der Waals surface area contributed by atoms with E-state index < -0.39 is 17.5 Å². The molecule has 9 heteroatoms. The maximum Gasteiger partial charge on any atom is 0.379 e. The molecule has 1 aliphatic heterocycles. The molecule has 0 saturated carbocycles. The van der Waals surface area contributed by atoms with Gasteiger partial charge in [-0.05, 0) is 54.5 Å². The van der Waals surface area contributed by atoms with E-state index in [-0.39, 0.29) is 11.8 Å². The smallest absolute Gasteiger partial charge is 0.379 e. The Bertz CT molecular complexity index is 890. The SMILES string of the molecule is CN(Cc1ccc(NC2Cc3ccccc3C2)cc1)C(=O)C1CCS(=O)CC1.CO.FC(F)F. The highest BCUT2D eigenvalue weighted by Crippen LogP contribution is 2.25. The Kier molecular flexibility index (Phi) is 11.6. The number of fused-ring (bicyclic) bond motifs is 1. The Hall–Kier alpha value is -2.39. The fraction of sp³-hybridized carbons (Fsp3) is 0.480. The summed E-state index contributed by atoms with van der Waals surface area (Å²) in [6.07, 6.45) is 3.65. The lowest BCUT2D eigenvalue weighted by Gasteiger charge is -2.26. The highest BCUT2D eigenvalue weighted by atomic mass is 32.2. The lowest BCUT2D eigenvalue weighted by Crippen LogP contribution is -2.36. The van der Waals surface area contributed by atoms with Crippen molar-refractivity contribution >= 4 is 22.4 Å². The van der Waals surface area contributed by atoms with Crippen LogP contribution in [-0.2, 0) is 35.0 Å². The van der Waals surface area contributed by atoms with E-state index in [2.05, 4.69) is 53.8 Å². The quantitative estimate of drug-likeness (QED) is 0.649. The molecular weight excluding hydrogens is 465 g/mol. The van der Waals surface area contributed by atoms with E-state index in [1.54, 1.807) is 0 Å². The van der Waals surface area contributed by atoms with Gasteiger partial charge >= 0.3 is 6.68 Å². The predicted octanol–water partition coefficient (Wildman–Crippen LogP) is 4.17. The molecule has 1 heterocycles. The van der Waals surface area contributed by atoms with Crippen LogP contribution in [0, 0.1) is 5.92 Å². The molecule has 2 aliphatic rings. The van der Waals surface area contributed by atoms with Crippen LogP contribution >= 0.6 is 0 Å². The van der Waals surface area contributed by atoms with Gasteiger partial charge in [0.1, 0.15) is 0 Å². The molecule has 34 heavy (non-hydrogen) atoms. The number of amides is 1. The number of alkyl halides is 3. The average Bonchev–Trinajstić information content (AvgIpc) is 3.23. The molecule has 0 atom stereocenters. The van der Waals surface area contributed by atoms with E-state index >= 15 is 0 Å². The van der Waals surface area contributed by atoms with Crippen LogP contribution in [0.5, 0.6) is 0 Å². The fourth-order valence-electron chi connectivity index (χ4n) is 4.31.